The van der Waals surface area contributed by atoms with Crippen LogP contribution in [0.3, 0.4) is 0 Å². The molecule has 1 rings (SSSR count). The lowest BCUT2D eigenvalue weighted by atomic mass is 10.2. The largest absolute Gasteiger partial charge is 0.491 e. The fourth-order valence-electron chi connectivity index (χ4n) is 1.58. The lowest BCUT2D eigenvalue weighted by Gasteiger charge is -2.13. The van der Waals surface area contributed by atoms with Crippen molar-refractivity contribution in [3.8, 4) is 5.75 Å². The Bertz CT molecular complexity index is 370. The Morgan fingerprint density at radius 1 is 1.16 bits per heavy atom. The van der Waals surface area contributed by atoms with Gasteiger partial charge in [0.25, 0.3) is 0 Å². The van der Waals surface area contributed by atoms with Crippen LogP contribution >= 0.6 is 0 Å². The summed E-state index contributed by atoms with van der Waals surface area (Å²) in [5, 5.41) is 3.25. The summed E-state index contributed by atoms with van der Waals surface area (Å²) in [4.78, 5) is 0. The standard InChI is InChI=1S/C14H24N2O3/c1-11(2)19-14-9-12(15)8-13(10-14)16-4-5-18-7-6-17-3/h8-11,16H,4-7,15H2,1-3H3. The lowest BCUT2D eigenvalue weighted by molar-refractivity contribution is 0.0759. The van der Waals surface area contributed by atoms with E-state index in [9.17, 15) is 0 Å². The number of methoxy groups -OCH3 is 1. The zero-order valence-electron chi connectivity index (χ0n) is 11.9. The highest BCUT2D eigenvalue weighted by molar-refractivity contribution is 5.59. The summed E-state index contributed by atoms with van der Waals surface area (Å²) >= 11 is 0. The van der Waals surface area contributed by atoms with Crippen LogP contribution in [0.5, 0.6) is 5.75 Å². The fraction of sp³-hybridized carbons (Fsp3) is 0.571. The molecule has 0 amide bonds. The van der Waals surface area contributed by atoms with E-state index in [1.54, 1.807) is 7.11 Å². The van der Waals surface area contributed by atoms with Crippen molar-refractivity contribution in [3.63, 3.8) is 0 Å². The molecule has 108 valence electrons. The summed E-state index contributed by atoms with van der Waals surface area (Å²) in [7, 11) is 1.66. The van der Waals surface area contributed by atoms with Gasteiger partial charge in [-0.25, -0.2) is 0 Å². The average Bonchev–Trinajstić information content (AvgIpc) is 2.32. The summed E-state index contributed by atoms with van der Waals surface area (Å²) in [5.74, 6) is 0.776. The second-order valence-electron chi connectivity index (χ2n) is 4.49. The Balaban J connectivity index is 2.38. The molecular weight excluding hydrogens is 244 g/mol. The molecule has 0 atom stereocenters. The summed E-state index contributed by atoms with van der Waals surface area (Å²) < 4.78 is 15.9. The Morgan fingerprint density at radius 2 is 1.95 bits per heavy atom. The molecule has 0 saturated heterocycles. The molecular formula is C14H24N2O3. The smallest absolute Gasteiger partial charge is 0.123 e. The quantitative estimate of drug-likeness (QED) is 0.530. The van der Waals surface area contributed by atoms with Crippen LogP contribution in [0.15, 0.2) is 18.2 Å². The van der Waals surface area contributed by atoms with Crippen molar-refractivity contribution in [2.24, 2.45) is 0 Å². The van der Waals surface area contributed by atoms with Crippen LogP contribution in [0.4, 0.5) is 11.4 Å². The molecule has 0 saturated carbocycles. The molecule has 5 heteroatoms. The van der Waals surface area contributed by atoms with Gasteiger partial charge < -0.3 is 25.3 Å². The van der Waals surface area contributed by atoms with Crippen LogP contribution in [0, 0.1) is 0 Å². The van der Waals surface area contributed by atoms with Crippen molar-refractivity contribution in [1.82, 2.24) is 0 Å². The van der Waals surface area contributed by atoms with Gasteiger partial charge in [0.15, 0.2) is 0 Å². The molecule has 0 bridgehead atoms. The first-order valence-corrected chi connectivity index (χ1v) is 6.49. The molecule has 1 aromatic rings. The number of hydrogen-bond donors (Lipinski definition) is 2. The van der Waals surface area contributed by atoms with Crippen LogP contribution in [0.25, 0.3) is 0 Å². The van der Waals surface area contributed by atoms with E-state index < -0.39 is 0 Å². The van der Waals surface area contributed by atoms with E-state index in [4.69, 9.17) is 19.9 Å². The van der Waals surface area contributed by atoms with E-state index in [0.29, 0.717) is 32.1 Å². The normalized spacial score (nSPS) is 10.7. The third kappa shape index (κ3) is 6.88. The molecule has 1 aromatic carbocycles. The predicted octanol–water partition coefficient (Wildman–Crippen LogP) is 2.13. The molecule has 0 radical (unpaired) electrons. The molecule has 0 fully saturated rings. The maximum absolute atomic E-state index is 5.84. The number of benzene rings is 1. The van der Waals surface area contributed by atoms with Crippen molar-refractivity contribution in [2.45, 2.75) is 20.0 Å². The van der Waals surface area contributed by atoms with Gasteiger partial charge in [-0.3, -0.25) is 0 Å². The molecule has 5 nitrogen and oxygen atoms in total. The topological polar surface area (TPSA) is 65.7 Å². The zero-order chi connectivity index (χ0) is 14.1. The Morgan fingerprint density at radius 3 is 2.63 bits per heavy atom. The minimum absolute atomic E-state index is 0.132. The number of anilines is 2. The van der Waals surface area contributed by atoms with Gasteiger partial charge in [0, 0.05) is 37.2 Å². The molecule has 0 aliphatic carbocycles. The third-order valence-corrected chi connectivity index (χ3v) is 2.31. The molecule has 19 heavy (non-hydrogen) atoms. The maximum atomic E-state index is 5.84. The van der Waals surface area contributed by atoms with Gasteiger partial charge in [0.1, 0.15) is 5.75 Å². The van der Waals surface area contributed by atoms with Gasteiger partial charge >= 0.3 is 0 Å². The lowest BCUT2D eigenvalue weighted by Crippen LogP contribution is -2.12. The number of hydrogen-bond acceptors (Lipinski definition) is 5. The summed E-state index contributed by atoms with van der Waals surface area (Å²) in [6.45, 7) is 6.54. The Hall–Kier alpha value is -1.46. The molecule has 3 N–H and O–H groups in total. The summed E-state index contributed by atoms with van der Waals surface area (Å²) in [6.07, 6.45) is 0.132. The number of nitrogens with two attached hydrogens (primary N) is 1. The van der Waals surface area contributed by atoms with Gasteiger partial charge in [-0.1, -0.05) is 0 Å². The Labute approximate surface area is 115 Å². The highest BCUT2D eigenvalue weighted by Crippen LogP contribution is 2.23. The van der Waals surface area contributed by atoms with Crippen molar-refractivity contribution in [3.05, 3.63) is 18.2 Å². The summed E-state index contributed by atoms with van der Waals surface area (Å²) in [6, 6.07) is 5.63. The molecule has 0 aliphatic heterocycles. The molecule has 0 spiro atoms. The molecule has 0 heterocycles. The van der Waals surface area contributed by atoms with Crippen LogP contribution in [0.1, 0.15) is 13.8 Å². The van der Waals surface area contributed by atoms with Crippen LogP contribution in [-0.4, -0.2) is 39.6 Å². The summed E-state index contributed by atoms with van der Waals surface area (Å²) in [5.41, 5.74) is 7.45. The predicted molar refractivity (Wildman–Crippen MR) is 77.8 cm³/mol. The highest BCUT2D eigenvalue weighted by atomic mass is 16.5. The van der Waals surface area contributed by atoms with E-state index in [-0.39, 0.29) is 6.10 Å². The molecule has 0 unspecified atom stereocenters. The average molecular weight is 268 g/mol. The number of ether oxygens (including phenoxy) is 3. The van der Waals surface area contributed by atoms with E-state index in [1.807, 2.05) is 32.0 Å². The van der Waals surface area contributed by atoms with Gasteiger partial charge in [0.2, 0.25) is 0 Å². The van der Waals surface area contributed by atoms with Crippen molar-refractivity contribution >= 4 is 11.4 Å². The fourth-order valence-corrected chi connectivity index (χ4v) is 1.58. The number of nitrogen functional groups attached to an aromatic ring is 1. The first kappa shape index (κ1) is 15.6. The molecule has 0 aromatic heterocycles. The third-order valence-electron chi connectivity index (χ3n) is 2.31. The van der Waals surface area contributed by atoms with E-state index in [1.165, 1.54) is 0 Å². The molecule has 0 aliphatic rings. The van der Waals surface area contributed by atoms with Crippen LogP contribution in [-0.2, 0) is 9.47 Å². The zero-order valence-corrected chi connectivity index (χ0v) is 11.9. The second-order valence-corrected chi connectivity index (χ2v) is 4.49. The van der Waals surface area contributed by atoms with Crippen molar-refractivity contribution < 1.29 is 14.2 Å². The maximum Gasteiger partial charge on any atom is 0.123 e. The minimum Gasteiger partial charge on any atom is -0.491 e. The van der Waals surface area contributed by atoms with Crippen molar-refractivity contribution in [1.29, 1.82) is 0 Å². The van der Waals surface area contributed by atoms with Gasteiger partial charge in [-0.15, -0.1) is 0 Å². The first-order chi connectivity index (χ1) is 9.11. The number of rotatable bonds is 9. The van der Waals surface area contributed by atoms with Crippen LogP contribution in [0.2, 0.25) is 0 Å². The van der Waals surface area contributed by atoms with Gasteiger partial charge in [-0.05, 0) is 19.9 Å². The SMILES string of the molecule is COCCOCCNc1cc(N)cc(OC(C)C)c1. The Kier molecular flexibility index (Phi) is 7.07. The van der Waals surface area contributed by atoms with E-state index in [0.717, 1.165) is 11.4 Å². The van der Waals surface area contributed by atoms with E-state index >= 15 is 0 Å². The van der Waals surface area contributed by atoms with Gasteiger partial charge in [0.05, 0.1) is 25.9 Å². The number of nitrogens with one attached hydrogen (secondary N) is 1. The highest BCUT2D eigenvalue weighted by Gasteiger charge is 2.02. The van der Waals surface area contributed by atoms with Crippen LogP contribution < -0.4 is 15.8 Å². The van der Waals surface area contributed by atoms with Gasteiger partial charge in [-0.2, -0.15) is 0 Å². The minimum atomic E-state index is 0.132. The van der Waals surface area contributed by atoms with Crippen molar-refractivity contribution in [2.75, 3.05) is 44.5 Å². The monoisotopic (exact) mass is 268 g/mol. The van der Waals surface area contributed by atoms with E-state index in [2.05, 4.69) is 5.32 Å². The first-order valence-electron chi connectivity index (χ1n) is 6.49. The second kappa shape index (κ2) is 8.61.